The maximum Gasteiger partial charge on any atom is 0.243 e. The fourth-order valence-corrected chi connectivity index (χ4v) is 6.84. The van der Waals surface area contributed by atoms with E-state index in [-0.39, 0.29) is 24.6 Å². The van der Waals surface area contributed by atoms with Gasteiger partial charge in [0.2, 0.25) is 10.0 Å². The number of fused-ring (bicyclic) bond motifs is 1. The van der Waals surface area contributed by atoms with E-state index >= 15 is 0 Å². The number of benzene rings is 3. The monoisotopic (exact) mass is 486 g/mol. The van der Waals surface area contributed by atoms with Crippen LogP contribution in [-0.4, -0.2) is 61.1 Å². The molecule has 3 atom stereocenters. The van der Waals surface area contributed by atoms with E-state index in [0.717, 1.165) is 36.1 Å². The average Bonchev–Trinajstić information content (AvgIpc) is 2.88. The third-order valence-electron chi connectivity index (χ3n) is 7.13. The summed E-state index contributed by atoms with van der Waals surface area (Å²) in [7, 11) is -3.57. The Morgan fingerprint density at radius 1 is 0.800 bits per heavy atom. The lowest BCUT2D eigenvalue weighted by atomic mass is 9.74. The minimum atomic E-state index is -3.57. The van der Waals surface area contributed by atoms with Crippen LogP contribution in [0.1, 0.15) is 35.4 Å². The Bertz CT molecular complexity index is 1300. The molecule has 5 nitrogen and oxygen atoms in total. The van der Waals surface area contributed by atoms with Gasteiger partial charge < -0.3 is 5.11 Å². The zero-order valence-corrected chi connectivity index (χ0v) is 20.4. The van der Waals surface area contributed by atoms with Crippen molar-refractivity contribution < 1.29 is 13.5 Å². The molecule has 0 aliphatic carbocycles. The lowest BCUT2D eigenvalue weighted by Gasteiger charge is -2.57. The maximum atomic E-state index is 13.4. The lowest BCUT2D eigenvalue weighted by Crippen LogP contribution is -2.67. The molecule has 180 valence electrons. The van der Waals surface area contributed by atoms with Gasteiger partial charge in [0.15, 0.2) is 0 Å². The van der Waals surface area contributed by atoms with Crippen LogP contribution in [0.5, 0.6) is 0 Å². The maximum absolute atomic E-state index is 13.4. The van der Waals surface area contributed by atoms with Crippen molar-refractivity contribution in [2.75, 3.05) is 26.2 Å². The molecule has 2 aliphatic rings. The van der Waals surface area contributed by atoms with E-state index in [1.165, 1.54) is 0 Å². The molecule has 2 fully saturated rings. The number of aliphatic hydroxyl groups excluding tert-OH is 1. The van der Waals surface area contributed by atoms with Crippen LogP contribution in [0.25, 0.3) is 0 Å². The summed E-state index contributed by atoms with van der Waals surface area (Å²) in [5.41, 5.74) is 3.02. The summed E-state index contributed by atoms with van der Waals surface area (Å²) >= 11 is 0. The van der Waals surface area contributed by atoms with Gasteiger partial charge in [-0.05, 0) is 61.3 Å². The smallest absolute Gasteiger partial charge is 0.243 e. The van der Waals surface area contributed by atoms with Gasteiger partial charge in [-0.25, -0.2) is 8.42 Å². The normalized spacial score (nSPS) is 23.2. The standard InChI is InChI=1S/C29H30N2O3S/c32-22-28-29(25-17-15-24(16-18-25)14-13-23-9-3-1-4-10-23)27-21-30(19-7-8-20-31(27)28)35(33,34)26-11-5-2-6-12-26/h1-6,9-12,15-18,27-29,32H,7-8,19-22H2/t27-,28-,29+/m1/s1. The second kappa shape index (κ2) is 10.3. The van der Waals surface area contributed by atoms with Crippen molar-refractivity contribution in [3.05, 3.63) is 102 Å². The van der Waals surface area contributed by atoms with Gasteiger partial charge in [-0.15, -0.1) is 0 Å². The molecule has 0 amide bonds. The molecule has 0 spiro atoms. The number of hydrogen-bond acceptors (Lipinski definition) is 4. The zero-order valence-electron chi connectivity index (χ0n) is 19.6. The second-order valence-electron chi connectivity index (χ2n) is 9.20. The number of rotatable bonds is 4. The first-order chi connectivity index (χ1) is 17.1. The van der Waals surface area contributed by atoms with E-state index < -0.39 is 10.0 Å². The molecule has 5 rings (SSSR count). The summed E-state index contributed by atoms with van der Waals surface area (Å²) < 4.78 is 28.4. The Morgan fingerprint density at radius 2 is 1.40 bits per heavy atom. The van der Waals surface area contributed by atoms with Crippen LogP contribution in [0, 0.1) is 11.8 Å². The van der Waals surface area contributed by atoms with Gasteiger partial charge >= 0.3 is 0 Å². The molecule has 3 aromatic carbocycles. The average molecular weight is 487 g/mol. The predicted molar refractivity (Wildman–Crippen MR) is 137 cm³/mol. The Hall–Kier alpha value is -2.95. The third kappa shape index (κ3) is 4.91. The summed E-state index contributed by atoms with van der Waals surface area (Å²) in [6, 6.07) is 26.8. The fraction of sp³-hybridized carbons (Fsp3) is 0.310. The van der Waals surface area contributed by atoms with E-state index in [4.69, 9.17) is 0 Å². The molecule has 0 bridgehead atoms. The number of sulfonamides is 1. The minimum Gasteiger partial charge on any atom is -0.395 e. The van der Waals surface area contributed by atoms with Crippen LogP contribution < -0.4 is 0 Å². The van der Waals surface area contributed by atoms with Crippen molar-refractivity contribution in [2.24, 2.45) is 0 Å². The van der Waals surface area contributed by atoms with Crippen molar-refractivity contribution in [3.63, 3.8) is 0 Å². The molecule has 35 heavy (non-hydrogen) atoms. The number of aliphatic hydroxyl groups is 1. The molecular weight excluding hydrogens is 456 g/mol. The molecule has 6 heteroatoms. The van der Waals surface area contributed by atoms with Crippen molar-refractivity contribution in [2.45, 2.75) is 35.7 Å². The van der Waals surface area contributed by atoms with Crippen LogP contribution >= 0.6 is 0 Å². The van der Waals surface area contributed by atoms with Crippen molar-refractivity contribution >= 4 is 10.0 Å². The molecule has 2 heterocycles. The quantitative estimate of drug-likeness (QED) is 0.572. The van der Waals surface area contributed by atoms with Gasteiger partial charge in [0, 0.05) is 42.2 Å². The number of hydrogen-bond donors (Lipinski definition) is 1. The molecular formula is C29H30N2O3S. The van der Waals surface area contributed by atoms with Crippen LogP contribution in [0.15, 0.2) is 89.8 Å². The van der Waals surface area contributed by atoms with Crippen LogP contribution in [0.2, 0.25) is 0 Å². The molecule has 3 aromatic rings. The Morgan fingerprint density at radius 3 is 2.06 bits per heavy atom. The Kier molecular flexibility index (Phi) is 7.03. The topological polar surface area (TPSA) is 60.9 Å². The highest BCUT2D eigenvalue weighted by Crippen LogP contribution is 2.42. The van der Waals surface area contributed by atoms with Crippen molar-refractivity contribution in [3.8, 4) is 11.8 Å². The number of nitrogens with zero attached hydrogens (tertiary/aromatic N) is 2. The molecule has 1 N–H and O–H groups in total. The van der Waals surface area contributed by atoms with E-state index in [0.29, 0.717) is 18.0 Å². The minimum absolute atomic E-state index is 0.000585. The highest BCUT2D eigenvalue weighted by Gasteiger charge is 2.50. The summed E-state index contributed by atoms with van der Waals surface area (Å²) in [6.07, 6.45) is 1.72. The molecule has 0 saturated carbocycles. The highest BCUT2D eigenvalue weighted by molar-refractivity contribution is 7.89. The highest BCUT2D eigenvalue weighted by atomic mass is 32.2. The van der Waals surface area contributed by atoms with Crippen molar-refractivity contribution in [1.29, 1.82) is 0 Å². The fourth-order valence-electron chi connectivity index (χ4n) is 5.32. The van der Waals surface area contributed by atoms with E-state index in [2.05, 4.69) is 28.9 Å². The van der Waals surface area contributed by atoms with Gasteiger partial charge in [-0.1, -0.05) is 60.4 Å². The van der Waals surface area contributed by atoms with Gasteiger partial charge in [0.05, 0.1) is 11.5 Å². The third-order valence-corrected chi connectivity index (χ3v) is 9.01. The molecule has 0 aromatic heterocycles. The summed E-state index contributed by atoms with van der Waals surface area (Å²) in [6.45, 7) is 1.88. The van der Waals surface area contributed by atoms with E-state index in [1.807, 2.05) is 48.5 Å². The predicted octanol–water partition coefficient (Wildman–Crippen LogP) is 3.70. The van der Waals surface area contributed by atoms with E-state index in [9.17, 15) is 13.5 Å². The van der Waals surface area contributed by atoms with E-state index in [1.54, 1.807) is 28.6 Å². The zero-order chi connectivity index (χ0) is 24.3. The summed E-state index contributed by atoms with van der Waals surface area (Å²) in [5, 5.41) is 10.2. The summed E-state index contributed by atoms with van der Waals surface area (Å²) in [4.78, 5) is 2.63. The molecule has 0 radical (unpaired) electrons. The first-order valence-corrected chi connectivity index (χ1v) is 13.6. The largest absolute Gasteiger partial charge is 0.395 e. The van der Waals surface area contributed by atoms with Crippen molar-refractivity contribution in [1.82, 2.24) is 9.21 Å². The van der Waals surface area contributed by atoms with Gasteiger partial charge in [-0.2, -0.15) is 4.31 Å². The molecule has 2 saturated heterocycles. The second-order valence-corrected chi connectivity index (χ2v) is 11.1. The van der Waals surface area contributed by atoms with Crippen LogP contribution in [0.3, 0.4) is 0 Å². The SMILES string of the molecule is O=S(=O)(c1ccccc1)N1CCCCN2[C@H](CO)[C@@H](c3ccc(C#Cc4ccccc4)cc3)[C@H]2C1. The Balaban J connectivity index is 1.38. The van der Waals surface area contributed by atoms with Gasteiger partial charge in [-0.3, -0.25) is 4.90 Å². The molecule has 0 unspecified atom stereocenters. The lowest BCUT2D eigenvalue weighted by molar-refractivity contribution is -0.0553. The van der Waals surface area contributed by atoms with Gasteiger partial charge in [0.25, 0.3) is 0 Å². The summed E-state index contributed by atoms with van der Waals surface area (Å²) in [5.74, 6) is 6.47. The van der Waals surface area contributed by atoms with Crippen LogP contribution in [-0.2, 0) is 10.0 Å². The molecule has 2 aliphatic heterocycles. The first kappa shape index (κ1) is 23.8. The Labute approximate surface area is 208 Å². The van der Waals surface area contributed by atoms with Gasteiger partial charge in [0.1, 0.15) is 0 Å². The van der Waals surface area contributed by atoms with Crippen LogP contribution in [0.4, 0.5) is 0 Å². The first-order valence-electron chi connectivity index (χ1n) is 12.2.